The maximum Gasteiger partial charge on any atom is 0.227 e. The zero-order valence-electron chi connectivity index (χ0n) is 9.29. The molecule has 1 unspecified atom stereocenters. The molecule has 0 bridgehead atoms. The first-order valence-electron chi connectivity index (χ1n) is 5.20. The zero-order chi connectivity index (χ0) is 11.3. The number of hydrogen-bond acceptors (Lipinski definition) is 2. The molecule has 1 amide bonds. The Morgan fingerprint density at radius 3 is 2.73 bits per heavy atom. The molecule has 0 aliphatic rings. The van der Waals surface area contributed by atoms with E-state index in [9.17, 15) is 4.79 Å². The molecule has 0 aliphatic carbocycles. The van der Waals surface area contributed by atoms with Gasteiger partial charge in [-0.2, -0.15) is 0 Å². The van der Waals surface area contributed by atoms with E-state index in [0.29, 0.717) is 13.1 Å². The summed E-state index contributed by atoms with van der Waals surface area (Å²) in [6.07, 6.45) is 0. The van der Waals surface area contributed by atoms with E-state index in [1.165, 1.54) is 0 Å². The molecular formula is C12H18N2O. The van der Waals surface area contributed by atoms with E-state index in [4.69, 9.17) is 5.73 Å². The van der Waals surface area contributed by atoms with E-state index in [0.717, 1.165) is 11.1 Å². The van der Waals surface area contributed by atoms with Crippen LogP contribution in [0.3, 0.4) is 0 Å². The highest BCUT2D eigenvalue weighted by Gasteiger charge is 2.15. The van der Waals surface area contributed by atoms with E-state index in [-0.39, 0.29) is 11.8 Å². The lowest BCUT2D eigenvalue weighted by Crippen LogP contribution is -2.32. The standard InChI is InChI=1S/C12H18N2O/c1-9-5-3-4-6-11(9)10(2)12(15)14-8-7-13/h3-6,10H,7-8,13H2,1-2H3,(H,14,15). The minimum absolute atomic E-state index is 0.0368. The van der Waals surface area contributed by atoms with E-state index in [1.807, 2.05) is 38.1 Å². The van der Waals surface area contributed by atoms with Crippen molar-refractivity contribution in [2.75, 3.05) is 13.1 Å². The third-order valence-electron chi connectivity index (χ3n) is 2.49. The molecular weight excluding hydrogens is 188 g/mol. The zero-order valence-corrected chi connectivity index (χ0v) is 9.29. The van der Waals surface area contributed by atoms with Gasteiger partial charge in [0.15, 0.2) is 0 Å². The van der Waals surface area contributed by atoms with Crippen molar-refractivity contribution in [1.29, 1.82) is 0 Å². The average molecular weight is 206 g/mol. The van der Waals surface area contributed by atoms with Crippen molar-refractivity contribution in [1.82, 2.24) is 5.32 Å². The largest absolute Gasteiger partial charge is 0.354 e. The first-order valence-corrected chi connectivity index (χ1v) is 5.20. The van der Waals surface area contributed by atoms with Crippen LogP contribution in [0.25, 0.3) is 0 Å². The second-order valence-corrected chi connectivity index (χ2v) is 3.66. The SMILES string of the molecule is Cc1ccccc1C(C)C(=O)NCCN. The Morgan fingerprint density at radius 1 is 1.47 bits per heavy atom. The molecule has 1 aromatic carbocycles. The van der Waals surface area contributed by atoms with Gasteiger partial charge in [-0.3, -0.25) is 4.79 Å². The smallest absolute Gasteiger partial charge is 0.227 e. The number of hydrogen-bond donors (Lipinski definition) is 2. The molecule has 3 N–H and O–H groups in total. The third-order valence-corrected chi connectivity index (χ3v) is 2.49. The lowest BCUT2D eigenvalue weighted by molar-refractivity contribution is -0.122. The van der Waals surface area contributed by atoms with Crippen molar-refractivity contribution in [3.8, 4) is 0 Å². The summed E-state index contributed by atoms with van der Waals surface area (Å²) in [7, 11) is 0. The minimum atomic E-state index is -0.113. The molecule has 0 spiro atoms. The lowest BCUT2D eigenvalue weighted by Gasteiger charge is -2.14. The van der Waals surface area contributed by atoms with Crippen molar-refractivity contribution in [3.05, 3.63) is 35.4 Å². The van der Waals surface area contributed by atoms with Crippen LogP contribution in [0.15, 0.2) is 24.3 Å². The normalized spacial score (nSPS) is 12.2. The van der Waals surface area contributed by atoms with Crippen molar-refractivity contribution in [2.45, 2.75) is 19.8 Å². The Balaban J connectivity index is 2.72. The Labute approximate surface area is 90.7 Å². The van der Waals surface area contributed by atoms with Crippen LogP contribution in [0.5, 0.6) is 0 Å². The number of nitrogens with one attached hydrogen (secondary N) is 1. The van der Waals surface area contributed by atoms with Crippen LogP contribution in [-0.2, 0) is 4.79 Å². The summed E-state index contributed by atoms with van der Waals surface area (Å²) in [5.74, 6) is -0.0764. The van der Waals surface area contributed by atoms with E-state index < -0.39 is 0 Å². The second kappa shape index (κ2) is 5.51. The molecule has 1 aromatic rings. The van der Waals surface area contributed by atoms with Crippen LogP contribution >= 0.6 is 0 Å². The van der Waals surface area contributed by atoms with Gasteiger partial charge in [0.1, 0.15) is 0 Å². The molecule has 82 valence electrons. The van der Waals surface area contributed by atoms with Gasteiger partial charge in [-0.15, -0.1) is 0 Å². The fourth-order valence-electron chi connectivity index (χ4n) is 1.56. The topological polar surface area (TPSA) is 55.1 Å². The van der Waals surface area contributed by atoms with E-state index in [1.54, 1.807) is 0 Å². The van der Waals surface area contributed by atoms with Crippen molar-refractivity contribution < 1.29 is 4.79 Å². The Kier molecular flexibility index (Phi) is 4.31. The first-order chi connectivity index (χ1) is 7.16. The monoisotopic (exact) mass is 206 g/mol. The Hall–Kier alpha value is -1.35. The summed E-state index contributed by atoms with van der Waals surface area (Å²) in [4.78, 5) is 11.7. The van der Waals surface area contributed by atoms with Crippen molar-refractivity contribution >= 4 is 5.91 Å². The van der Waals surface area contributed by atoms with Gasteiger partial charge in [0.25, 0.3) is 0 Å². The predicted molar refractivity (Wildman–Crippen MR) is 61.7 cm³/mol. The van der Waals surface area contributed by atoms with E-state index >= 15 is 0 Å². The summed E-state index contributed by atoms with van der Waals surface area (Å²) in [6, 6.07) is 7.93. The van der Waals surface area contributed by atoms with Crippen LogP contribution in [0, 0.1) is 6.92 Å². The number of aryl methyl sites for hydroxylation is 1. The number of carbonyl (C=O) groups is 1. The van der Waals surface area contributed by atoms with Crippen LogP contribution in [0.4, 0.5) is 0 Å². The second-order valence-electron chi connectivity index (χ2n) is 3.66. The Bertz CT molecular complexity index is 336. The fourth-order valence-corrected chi connectivity index (χ4v) is 1.56. The van der Waals surface area contributed by atoms with E-state index in [2.05, 4.69) is 5.32 Å². The molecule has 0 aromatic heterocycles. The average Bonchev–Trinajstić information content (AvgIpc) is 2.25. The molecule has 0 heterocycles. The molecule has 3 nitrogen and oxygen atoms in total. The van der Waals surface area contributed by atoms with Crippen LogP contribution < -0.4 is 11.1 Å². The summed E-state index contributed by atoms with van der Waals surface area (Å²) in [6.45, 7) is 4.94. The number of carbonyl (C=O) groups excluding carboxylic acids is 1. The van der Waals surface area contributed by atoms with Crippen LogP contribution in [0.2, 0.25) is 0 Å². The number of rotatable bonds is 4. The summed E-state index contributed by atoms with van der Waals surface area (Å²) < 4.78 is 0. The summed E-state index contributed by atoms with van der Waals surface area (Å²) in [5.41, 5.74) is 7.55. The maximum atomic E-state index is 11.7. The third kappa shape index (κ3) is 3.06. The van der Waals surface area contributed by atoms with Gasteiger partial charge < -0.3 is 11.1 Å². The quantitative estimate of drug-likeness (QED) is 0.777. The van der Waals surface area contributed by atoms with Gasteiger partial charge in [0.05, 0.1) is 5.92 Å². The molecule has 0 fully saturated rings. The number of benzene rings is 1. The van der Waals surface area contributed by atoms with Gasteiger partial charge >= 0.3 is 0 Å². The van der Waals surface area contributed by atoms with Crippen LogP contribution in [-0.4, -0.2) is 19.0 Å². The molecule has 0 aliphatic heterocycles. The van der Waals surface area contributed by atoms with Gasteiger partial charge in [-0.05, 0) is 25.0 Å². The van der Waals surface area contributed by atoms with Gasteiger partial charge in [-0.25, -0.2) is 0 Å². The first kappa shape index (κ1) is 11.7. The lowest BCUT2D eigenvalue weighted by atomic mass is 9.96. The highest BCUT2D eigenvalue weighted by atomic mass is 16.1. The Morgan fingerprint density at radius 2 is 2.13 bits per heavy atom. The molecule has 0 radical (unpaired) electrons. The van der Waals surface area contributed by atoms with Crippen LogP contribution in [0.1, 0.15) is 24.0 Å². The molecule has 0 saturated heterocycles. The molecule has 3 heteroatoms. The fraction of sp³-hybridized carbons (Fsp3) is 0.417. The predicted octanol–water partition coefficient (Wildman–Crippen LogP) is 1.17. The highest BCUT2D eigenvalue weighted by molar-refractivity contribution is 5.83. The summed E-state index contributed by atoms with van der Waals surface area (Å²) >= 11 is 0. The maximum absolute atomic E-state index is 11.7. The van der Waals surface area contributed by atoms with Gasteiger partial charge in [0.2, 0.25) is 5.91 Å². The molecule has 0 saturated carbocycles. The van der Waals surface area contributed by atoms with Crippen molar-refractivity contribution in [2.24, 2.45) is 5.73 Å². The van der Waals surface area contributed by atoms with Gasteiger partial charge in [0, 0.05) is 13.1 Å². The van der Waals surface area contributed by atoms with Crippen molar-refractivity contribution in [3.63, 3.8) is 0 Å². The van der Waals surface area contributed by atoms with Gasteiger partial charge in [-0.1, -0.05) is 24.3 Å². The molecule has 1 atom stereocenters. The number of amides is 1. The minimum Gasteiger partial charge on any atom is -0.354 e. The summed E-state index contributed by atoms with van der Waals surface area (Å²) in [5, 5.41) is 2.79. The molecule has 15 heavy (non-hydrogen) atoms. The number of nitrogens with two attached hydrogens (primary N) is 1. The highest BCUT2D eigenvalue weighted by Crippen LogP contribution is 2.18. The molecule has 1 rings (SSSR count).